The molecule has 2 aromatic carbocycles. The molecule has 0 spiro atoms. The Bertz CT molecular complexity index is 1290. The molecule has 0 atom stereocenters. The third-order valence-electron chi connectivity index (χ3n) is 5.65. The first-order chi connectivity index (χ1) is 15.9. The molecule has 170 valence electrons. The topological polar surface area (TPSA) is 62.5 Å². The molecule has 0 radical (unpaired) electrons. The van der Waals surface area contributed by atoms with Crippen LogP contribution in [0.4, 0.5) is 13.2 Å². The molecule has 1 fully saturated rings. The SMILES string of the molecule is O=C(c1csc2ccccc12)N1CCN(Cc2nc(-c3cccc(C(F)(F)F)c3)no2)CC1. The predicted molar refractivity (Wildman–Crippen MR) is 118 cm³/mol. The zero-order valence-corrected chi connectivity index (χ0v) is 18.2. The van der Waals surface area contributed by atoms with Gasteiger partial charge in [0.1, 0.15) is 0 Å². The van der Waals surface area contributed by atoms with Gasteiger partial charge in [0, 0.05) is 47.2 Å². The maximum absolute atomic E-state index is 13.0. The molecule has 0 N–H and O–H groups in total. The predicted octanol–water partition coefficient (Wildman–Crippen LogP) is 4.93. The number of rotatable bonds is 4. The lowest BCUT2D eigenvalue weighted by Gasteiger charge is -2.33. The average Bonchev–Trinajstić information content (AvgIpc) is 3.46. The van der Waals surface area contributed by atoms with E-state index in [1.807, 2.05) is 34.5 Å². The minimum Gasteiger partial charge on any atom is -0.338 e. The second kappa shape index (κ2) is 8.60. The van der Waals surface area contributed by atoms with Crippen LogP contribution >= 0.6 is 11.3 Å². The van der Waals surface area contributed by atoms with E-state index in [9.17, 15) is 18.0 Å². The molecule has 3 heterocycles. The molecular formula is C23H19F3N4O2S. The molecular weight excluding hydrogens is 453 g/mol. The summed E-state index contributed by atoms with van der Waals surface area (Å²) in [6.45, 7) is 2.77. The molecule has 0 bridgehead atoms. The van der Waals surface area contributed by atoms with Crippen molar-refractivity contribution in [2.75, 3.05) is 26.2 Å². The van der Waals surface area contributed by atoms with Crippen molar-refractivity contribution in [2.24, 2.45) is 0 Å². The molecule has 6 nitrogen and oxygen atoms in total. The molecule has 2 aromatic heterocycles. The van der Waals surface area contributed by atoms with E-state index in [1.54, 1.807) is 11.3 Å². The Morgan fingerprint density at radius 1 is 1.06 bits per heavy atom. The third kappa shape index (κ3) is 4.49. The Morgan fingerprint density at radius 3 is 2.64 bits per heavy atom. The first-order valence-electron chi connectivity index (χ1n) is 10.4. The number of benzene rings is 2. The summed E-state index contributed by atoms with van der Waals surface area (Å²) in [5.74, 6) is 0.469. The van der Waals surface area contributed by atoms with Gasteiger partial charge in [-0.15, -0.1) is 11.3 Å². The van der Waals surface area contributed by atoms with Crippen molar-refractivity contribution in [3.63, 3.8) is 0 Å². The summed E-state index contributed by atoms with van der Waals surface area (Å²) >= 11 is 1.56. The number of fused-ring (bicyclic) bond motifs is 1. The first-order valence-corrected chi connectivity index (χ1v) is 11.2. The fraction of sp³-hybridized carbons (Fsp3) is 0.261. The number of thiophene rings is 1. The van der Waals surface area contributed by atoms with Crippen molar-refractivity contribution in [2.45, 2.75) is 12.7 Å². The number of nitrogens with zero attached hydrogens (tertiary/aromatic N) is 4. The van der Waals surface area contributed by atoms with Gasteiger partial charge in [0.15, 0.2) is 0 Å². The van der Waals surface area contributed by atoms with Crippen LogP contribution in [-0.4, -0.2) is 52.0 Å². The van der Waals surface area contributed by atoms with Crippen LogP contribution in [0.5, 0.6) is 0 Å². The van der Waals surface area contributed by atoms with E-state index in [2.05, 4.69) is 15.0 Å². The summed E-state index contributed by atoms with van der Waals surface area (Å²) in [6.07, 6.45) is -4.44. The maximum Gasteiger partial charge on any atom is 0.416 e. The van der Waals surface area contributed by atoms with Gasteiger partial charge in [-0.1, -0.05) is 35.5 Å². The summed E-state index contributed by atoms with van der Waals surface area (Å²) in [4.78, 5) is 21.2. The second-order valence-corrected chi connectivity index (χ2v) is 8.72. The highest BCUT2D eigenvalue weighted by Crippen LogP contribution is 2.31. The van der Waals surface area contributed by atoms with Crippen molar-refractivity contribution in [3.05, 3.63) is 70.9 Å². The normalized spacial score (nSPS) is 15.3. The van der Waals surface area contributed by atoms with E-state index < -0.39 is 11.7 Å². The van der Waals surface area contributed by atoms with Crippen LogP contribution in [0.25, 0.3) is 21.5 Å². The van der Waals surface area contributed by atoms with Crippen LogP contribution in [0.3, 0.4) is 0 Å². The van der Waals surface area contributed by atoms with Gasteiger partial charge in [0.05, 0.1) is 17.7 Å². The highest BCUT2D eigenvalue weighted by atomic mass is 32.1. The maximum atomic E-state index is 13.0. The molecule has 1 amide bonds. The fourth-order valence-electron chi connectivity index (χ4n) is 3.89. The monoisotopic (exact) mass is 472 g/mol. The molecule has 0 unspecified atom stereocenters. The zero-order valence-electron chi connectivity index (χ0n) is 17.4. The highest BCUT2D eigenvalue weighted by molar-refractivity contribution is 7.17. The summed E-state index contributed by atoms with van der Waals surface area (Å²) in [5, 5.41) is 6.72. The van der Waals surface area contributed by atoms with Crippen LogP contribution in [0.15, 0.2) is 58.4 Å². The van der Waals surface area contributed by atoms with Gasteiger partial charge in [-0.05, 0) is 18.2 Å². The number of hydrogen-bond acceptors (Lipinski definition) is 6. The molecule has 0 aliphatic carbocycles. The summed E-state index contributed by atoms with van der Waals surface area (Å²) < 4.78 is 45.2. The molecule has 1 saturated heterocycles. The third-order valence-corrected chi connectivity index (χ3v) is 6.61. The number of carbonyl (C=O) groups excluding carboxylic acids is 1. The van der Waals surface area contributed by atoms with Crippen LogP contribution in [0.1, 0.15) is 21.8 Å². The minimum atomic E-state index is -4.44. The Morgan fingerprint density at radius 2 is 1.85 bits per heavy atom. The number of piperazine rings is 1. The molecule has 10 heteroatoms. The van der Waals surface area contributed by atoms with Crippen molar-refractivity contribution in [1.29, 1.82) is 0 Å². The van der Waals surface area contributed by atoms with Crippen molar-refractivity contribution >= 4 is 27.3 Å². The van der Waals surface area contributed by atoms with Crippen LogP contribution in [-0.2, 0) is 12.7 Å². The molecule has 33 heavy (non-hydrogen) atoms. The summed E-state index contributed by atoms with van der Waals surface area (Å²) in [7, 11) is 0. The van der Waals surface area contributed by atoms with E-state index in [1.165, 1.54) is 12.1 Å². The number of halogens is 3. The van der Waals surface area contributed by atoms with E-state index in [-0.39, 0.29) is 17.3 Å². The first kappa shape index (κ1) is 21.6. The van der Waals surface area contributed by atoms with Crippen molar-refractivity contribution < 1.29 is 22.5 Å². The zero-order chi connectivity index (χ0) is 23.0. The van der Waals surface area contributed by atoms with Crippen LogP contribution < -0.4 is 0 Å². The Hall–Kier alpha value is -3.24. The van der Waals surface area contributed by atoms with Crippen LogP contribution in [0.2, 0.25) is 0 Å². The van der Waals surface area contributed by atoms with E-state index in [0.29, 0.717) is 38.6 Å². The molecule has 1 aliphatic heterocycles. The smallest absolute Gasteiger partial charge is 0.338 e. The highest BCUT2D eigenvalue weighted by Gasteiger charge is 2.31. The number of carbonyl (C=O) groups is 1. The van der Waals surface area contributed by atoms with Gasteiger partial charge in [0.25, 0.3) is 5.91 Å². The Labute approximate surface area is 191 Å². The number of hydrogen-bond donors (Lipinski definition) is 0. The standard InChI is InChI=1S/C23H19F3N4O2S/c24-23(25,26)16-5-3-4-15(12-16)21-27-20(32-28-21)13-29-8-10-30(11-9-29)22(31)18-14-33-19-7-2-1-6-17(18)19/h1-7,12,14H,8-11,13H2. The largest absolute Gasteiger partial charge is 0.416 e. The lowest BCUT2D eigenvalue weighted by molar-refractivity contribution is -0.137. The lowest BCUT2D eigenvalue weighted by Crippen LogP contribution is -2.48. The molecule has 0 saturated carbocycles. The number of aromatic nitrogens is 2. The van der Waals surface area contributed by atoms with Gasteiger partial charge in [-0.3, -0.25) is 9.69 Å². The van der Waals surface area contributed by atoms with E-state index >= 15 is 0 Å². The summed E-state index contributed by atoms with van der Waals surface area (Å²) in [5.41, 5.74) is 0.218. The Kier molecular flexibility index (Phi) is 5.63. The van der Waals surface area contributed by atoms with Gasteiger partial charge in [-0.2, -0.15) is 18.2 Å². The molecule has 5 rings (SSSR count). The van der Waals surface area contributed by atoms with Gasteiger partial charge >= 0.3 is 6.18 Å². The lowest BCUT2D eigenvalue weighted by atomic mass is 10.1. The van der Waals surface area contributed by atoms with Gasteiger partial charge < -0.3 is 9.42 Å². The fourth-order valence-corrected chi connectivity index (χ4v) is 4.82. The minimum absolute atomic E-state index is 0.0247. The average molecular weight is 472 g/mol. The van der Waals surface area contributed by atoms with Crippen molar-refractivity contribution in [3.8, 4) is 11.4 Å². The van der Waals surface area contributed by atoms with Crippen molar-refractivity contribution in [1.82, 2.24) is 19.9 Å². The van der Waals surface area contributed by atoms with Crippen LogP contribution in [0, 0.1) is 0 Å². The second-order valence-electron chi connectivity index (χ2n) is 7.80. The quantitative estimate of drug-likeness (QED) is 0.422. The van der Waals surface area contributed by atoms with Gasteiger partial charge in [-0.25, -0.2) is 0 Å². The van der Waals surface area contributed by atoms with Gasteiger partial charge in [0.2, 0.25) is 11.7 Å². The Balaban J connectivity index is 1.21. The molecule has 1 aliphatic rings. The molecule has 4 aromatic rings. The number of amides is 1. The number of alkyl halides is 3. The summed E-state index contributed by atoms with van der Waals surface area (Å²) in [6, 6.07) is 12.7. The van der Waals surface area contributed by atoms with E-state index in [0.717, 1.165) is 27.8 Å². The van der Waals surface area contributed by atoms with E-state index in [4.69, 9.17) is 4.52 Å².